The zero-order valence-corrected chi connectivity index (χ0v) is 9.73. The van der Waals surface area contributed by atoms with E-state index in [1.54, 1.807) is 6.20 Å². The molecule has 18 heavy (non-hydrogen) atoms. The van der Waals surface area contributed by atoms with E-state index in [0.29, 0.717) is 0 Å². The number of aromatic nitrogens is 3. The molecule has 0 aliphatic carbocycles. The van der Waals surface area contributed by atoms with Crippen molar-refractivity contribution in [3.8, 4) is 0 Å². The molecule has 94 valence electrons. The van der Waals surface area contributed by atoms with Crippen LogP contribution in [-0.4, -0.2) is 32.6 Å². The zero-order chi connectivity index (χ0) is 12.8. The molecule has 0 saturated heterocycles. The SMILES string of the molecule is O=C(Cn1ccnn1)NC(CO)c1ccccc1. The number of aliphatic hydroxyl groups excluding tert-OH is 1. The number of nitrogens with one attached hydrogen (secondary N) is 1. The number of hydrogen-bond acceptors (Lipinski definition) is 4. The highest BCUT2D eigenvalue weighted by Gasteiger charge is 2.13. The molecular weight excluding hydrogens is 232 g/mol. The van der Waals surface area contributed by atoms with Gasteiger partial charge in [-0.05, 0) is 5.56 Å². The van der Waals surface area contributed by atoms with Gasteiger partial charge in [0.05, 0.1) is 18.8 Å². The smallest absolute Gasteiger partial charge is 0.242 e. The standard InChI is InChI=1S/C12H14N4O2/c17-9-11(10-4-2-1-3-5-10)14-12(18)8-16-7-6-13-15-16/h1-7,11,17H,8-9H2,(H,14,18). The zero-order valence-electron chi connectivity index (χ0n) is 9.73. The molecule has 0 aliphatic rings. The summed E-state index contributed by atoms with van der Waals surface area (Å²) in [6.07, 6.45) is 3.12. The lowest BCUT2D eigenvalue weighted by molar-refractivity contribution is -0.123. The fourth-order valence-corrected chi connectivity index (χ4v) is 1.62. The van der Waals surface area contributed by atoms with Gasteiger partial charge in [-0.15, -0.1) is 5.10 Å². The second kappa shape index (κ2) is 5.92. The summed E-state index contributed by atoms with van der Waals surface area (Å²) in [5.74, 6) is -0.219. The van der Waals surface area contributed by atoms with Gasteiger partial charge >= 0.3 is 0 Å². The van der Waals surface area contributed by atoms with Crippen LogP contribution < -0.4 is 5.32 Å². The van der Waals surface area contributed by atoms with Crippen molar-refractivity contribution >= 4 is 5.91 Å². The number of carbonyl (C=O) groups excluding carboxylic acids is 1. The van der Waals surface area contributed by atoms with Crippen molar-refractivity contribution in [1.82, 2.24) is 20.3 Å². The van der Waals surface area contributed by atoms with Crippen LogP contribution in [0, 0.1) is 0 Å². The first kappa shape index (κ1) is 12.3. The summed E-state index contributed by atoms with van der Waals surface area (Å²) in [6, 6.07) is 8.92. The summed E-state index contributed by atoms with van der Waals surface area (Å²) in [7, 11) is 0. The summed E-state index contributed by atoms with van der Waals surface area (Å²) in [4.78, 5) is 11.7. The number of aliphatic hydroxyl groups is 1. The third-order valence-corrected chi connectivity index (χ3v) is 2.50. The molecule has 1 heterocycles. The van der Waals surface area contributed by atoms with Gasteiger partial charge in [0.15, 0.2) is 0 Å². The van der Waals surface area contributed by atoms with Gasteiger partial charge in [-0.2, -0.15) is 0 Å². The van der Waals surface area contributed by atoms with E-state index >= 15 is 0 Å². The van der Waals surface area contributed by atoms with E-state index in [4.69, 9.17) is 0 Å². The first-order valence-electron chi connectivity index (χ1n) is 5.59. The van der Waals surface area contributed by atoms with Gasteiger partial charge in [-0.25, -0.2) is 4.68 Å². The van der Waals surface area contributed by atoms with Crippen LogP contribution in [0.15, 0.2) is 42.7 Å². The van der Waals surface area contributed by atoms with E-state index in [1.165, 1.54) is 10.9 Å². The number of rotatable bonds is 5. The van der Waals surface area contributed by atoms with Crippen LogP contribution in [0.3, 0.4) is 0 Å². The highest BCUT2D eigenvalue weighted by Crippen LogP contribution is 2.11. The van der Waals surface area contributed by atoms with Crippen molar-refractivity contribution < 1.29 is 9.90 Å². The molecule has 0 fully saturated rings. The Morgan fingerprint density at radius 2 is 2.17 bits per heavy atom. The van der Waals surface area contributed by atoms with Crippen LogP contribution in [0.5, 0.6) is 0 Å². The molecule has 2 N–H and O–H groups in total. The van der Waals surface area contributed by atoms with Gasteiger partial charge in [-0.1, -0.05) is 35.5 Å². The van der Waals surface area contributed by atoms with E-state index in [2.05, 4.69) is 15.6 Å². The monoisotopic (exact) mass is 246 g/mol. The van der Waals surface area contributed by atoms with Gasteiger partial charge in [0.2, 0.25) is 5.91 Å². The topological polar surface area (TPSA) is 80.0 Å². The molecule has 1 aromatic heterocycles. The lowest BCUT2D eigenvalue weighted by Crippen LogP contribution is -2.33. The van der Waals surface area contributed by atoms with Crippen LogP contribution in [0.25, 0.3) is 0 Å². The Bertz CT molecular complexity index is 484. The van der Waals surface area contributed by atoms with Crippen molar-refractivity contribution in [1.29, 1.82) is 0 Å². The van der Waals surface area contributed by atoms with Gasteiger partial charge < -0.3 is 10.4 Å². The minimum Gasteiger partial charge on any atom is -0.394 e. The number of benzene rings is 1. The van der Waals surface area contributed by atoms with Crippen LogP contribution in [0.2, 0.25) is 0 Å². The summed E-state index contributed by atoms with van der Waals surface area (Å²) >= 11 is 0. The Morgan fingerprint density at radius 1 is 1.39 bits per heavy atom. The molecule has 0 saturated carbocycles. The highest BCUT2D eigenvalue weighted by molar-refractivity contribution is 5.76. The summed E-state index contributed by atoms with van der Waals surface area (Å²) in [5.41, 5.74) is 0.868. The Balaban J connectivity index is 1.96. The summed E-state index contributed by atoms with van der Waals surface area (Å²) < 4.78 is 1.43. The average Bonchev–Trinajstić information content (AvgIpc) is 2.90. The van der Waals surface area contributed by atoms with Gasteiger partial charge in [0.25, 0.3) is 0 Å². The van der Waals surface area contributed by atoms with Crippen molar-refractivity contribution in [3.63, 3.8) is 0 Å². The normalized spacial score (nSPS) is 12.1. The maximum Gasteiger partial charge on any atom is 0.242 e. The van der Waals surface area contributed by atoms with Gasteiger partial charge in [0.1, 0.15) is 6.54 Å². The molecule has 1 amide bonds. The number of hydrogen-bond donors (Lipinski definition) is 2. The molecular formula is C12H14N4O2. The third kappa shape index (κ3) is 3.14. The molecule has 0 bridgehead atoms. The molecule has 6 nitrogen and oxygen atoms in total. The summed E-state index contributed by atoms with van der Waals surface area (Å²) in [6.45, 7) is -0.0591. The van der Waals surface area contributed by atoms with Crippen LogP contribution >= 0.6 is 0 Å². The minimum absolute atomic E-state index is 0.0866. The van der Waals surface area contributed by atoms with Crippen molar-refractivity contribution in [2.45, 2.75) is 12.6 Å². The largest absolute Gasteiger partial charge is 0.394 e. The van der Waals surface area contributed by atoms with E-state index in [0.717, 1.165) is 5.56 Å². The number of carbonyl (C=O) groups is 1. The maximum atomic E-state index is 11.7. The third-order valence-electron chi connectivity index (χ3n) is 2.50. The Labute approximate surface area is 104 Å². The van der Waals surface area contributed by atoms with Gasteiger partial charge in [-0.3, -0.25) is 4.79 Å². The molecule has 2 aromatic rings. The van der Waals surface area contributed by atoms with E-state index in [-0.39, 0.29) is 19.1 Å². The van der Waals surface area contributed by atoms with Crippen molar-refractivity contribution in [2.24, 2.45) is 0 Å². The molecule has 1 atom stereocenters. The van der Waals surface area contributed by atoms with E-state index < -0.39 is 6.04 Å². The predicted molar refractivity (Wildman–Crippen MR) is 64.4 cm³/mol. The number of amides is 1. The summed E-state index contributed by atoms with van der Waals surface area (Å²) in [5, 5.41) is 19.4. The quantitative estimate of drug-likeness (QED) is 0.785. The molecule has 1 aromatic carbocycles. The Hall–Kier alpha value is -2.21. The molecule has 6 heteroatoms. The Morgan fingerprint density at radius 3 is 2.78 bits per heavy atom. The molecule has 0 spiro atoms. The first-order chi connectivity index (χ1) is 8.79. The molecule has 0 aliphatic heterocycles. The minimum atomic E-state index is -0.401. The lowest BCUT2D eigenvalue weighted by atomic mass is 10.1. The van der Waals surface area contributed by atoms with Crippen LogP contribution in [0.1, 0.15) is 11.6 Å². The molecule has 1 unspecified atom stereocenters. The number of nitrogens with zero attached hydrogens (tertiary/aromatic N) is 3. The van der Waals surface area contributed by atoms with Crippen LogP contribution in [-0.2, 0) is 11.3 Å². The Kier molecular flexibility index (Phi) is 4.03. The first-order valence-corrected chi connectivity index (χ1v) is 5.59. The predicted octanol–water partition coefficient (Wildman–Crippen LogP) is 0.128. The van der Waals surface area contributed by atoms with E-state index in [1.807, 2.05) is 30.3 Å². The maximum absolute atomic E-state index is 11.7. The van der Waals surface area contributed by atoms with Crippen molar-refractivity contribution in [3.05, 3.63) is 48.3 Å². The second-order valence-electron chi connectivity index (χ2n) is 3.81. The fourth-order valence-electron chi connectivity index (χ4n) is 1.62. The van der Waals surface area contributed by atoms with Crippen molar-refractivity contribution in [2.75, 3.05) is 6.61 Å². The van der Waals surface area contributed by atoms with E-state index in [9.17, 15) is 9.90 Å². The lowest BCUT2D eigenvalue weighted by Gasteiger charge is -2.16. The second-order valence-corrected chi connectivity index (χ2v) is 3.81. The van der Waals surface area contributed by atoms with Gasteiger partial charge in [0, 0.05) is 6.20 Å². The molecule has 0 radical (unpaired) electrons. The molecule has 2 rings (SSSR count). The average molecular weight is 246 g/mol. The van der Waals surface area contributed by atoms with Crippen LogP contribution in [0.4, 0.5) is 0 Å². The highest BCUT2D eigenvalue weighted by atomic mass is 16.3. The fraction of sp³-hybridized carbons (Fsp3) is 0.250.